The van der Waals surface area contributed by atoms with Crippen LogP contribution in [-0.2, 0) is 17.9 Å². The molecule has 0 spiro atoms. The molecule has 2 N–H and O–H groups in total. The van der Waals surface area contributed by atoms with Crippen molar-refractivity contribution < 1.29 is 53.5 Å². The van der Waals surface area contributed by atoms with Crippen molar-refractivity contribution in [3.05, 3.63) is 103 Å². The van der Waals surface area contributed by atoms with Gasteiger partial charge in [-0.25, -0.2) is 4.79 Å². The number of carbonyl (C=O) groups is 1. The summed E-state index contributed by atoms with van der Waals surface area (Å²) in [7, 11) is 0. The van der Waals surface area contributed by atoms with Crippen LogP contribution >= 0.6 is 0 Å². The molecular weight excluding hydrogens is 525 g/mol. The van der Waals surface area contributed by atoms with Gasteiger partial charge in [0.2, 0.25) is 5.91 Å². The zero-order chi connectivity index (χ0) is 27.9. The normalized spacial score (nSPS) is 10.6. The molecule has 0 saturated carbocycles. The van der Waals surface area contributed by atoms with Crippen molar-refractivity contribution in [3.63, 3.8) is 0 Å². The van der Waals surface area contributed by atoms with Crippen LogP contribution in [0.1, 0.15) is 27.8 Å². The van der Waals surface area contributed by atoms with E-state index in [1.165, 1.54) is 0 Å². The maximum absolute atomic E-state index is 11.6. The van der Waals surface area contributed by atoms with Gasteiger partial charge in [0.15, 0.2) is 5.69 Å². The number of ether oxygens (including phenoxy) is 2. The molecule has 0 fully saturated rings. The Morgan fingerprint density at radius 2 is 1.70 bits per heavy atom. The Morgan fingerprint density at radius 1 is 1.00 bits per heavy atom. The smallest absolute Gasteiger partial charge is 0.492 e. The van der Waals surface area contributed by atoms with E-state index in [0.29, 0.717) is 31.3 Å². The van der Waals surface area contributed by atoms with Crippen molar-refractivity contribution in [3.8, 4) is 22.6 Å². The molecular formula is C29H30N3NaO7. The molecule has 0 aliphatic carbocycles. The summed E-state index contributed by atoms with van der Waals surface area (Å²) in [6, 6.07) is 17.3. The van der Waals surface area contributed by atoms with Crippen LogP contribution in [0.4, 0.5) is 0 Å². The molecule has 0 radical (unpaired) electrons. The average molecular weight is 556 g/mol. The van der Waals surface area contributed by atoms with Crippen molar-refractivity contribution in [2.75, 3.05) is 19.8 Å². The number of benzene rings is 3. The van der Waals surface area contributed by atoms with E-state index in [4.69, 9.17) is 19.1 Å². The van der Waals surface area contributed by atoms with Crippen LogP contribution < -0.4 is 60.8 Å². The standard InChI is InChI=1S/C29H31N3O7.Na/c1-18-13-24(37-12-11-30-26(34)16-33)14-19(2)27(18)25-6-4-5-22(20(25)3)17-38-23-9-7-21(8-10-23)15-32-28(35)31-29(36)39-32;/h4-10,13-14,33H,11-12,15-17H2,1-3H3,(H2,30,31,34,35,36);/q;+1/p-1. The Hall–Kier alpha value is -3.57. The Labute approximate surface area is 253 Å². The number of nitrogens with zero attached hydrogens (tertiary/aromatic N) is 2. The van der Waals surface area contributed by atoms with Gasteiger partial charge in [-0.05, 0) is 84.0 Å². The summed E-state index contributed by atoms with van der Waals surface area (Å²) in [5.41, 5.74) is 6.58. The van der Waals surface area contributed by atoms with Crippen LogP contribution in [0.15, 0.2) is 68.7 Å². The maximum atomic E-state index is 11.6. The fraction of sp³-hybridized carbons (Fsp3) is 0.276. The molecule has 11 heteroatoms. The summed E-state index contributed by atoms with van der Waals surface area (Å²) in [5, 5.41) is 11.3. The van der Waals surface area contributed by atoms with Gasteiger partial charge in [0.05, 0.1) is 6.54 Å². The van der Waals surface area contributed by atoms with Crippen LogP contribution in [0.2, 0.25) is 0 Å². The molecule has 40 heavy (non-hydrogen) atoms. The van der Waals surface area contributed by atoms with E-state index in [1.807, 2.05) is 38.1 Å². The molecule has 1 aromatic heterocycles. The molecule has 1 heterocycles. The van der Waals surface area contributed by atoms with Crippen LogP contribution in [-0.4, -0.2) is 35.5 Å². The van der Waals surface area contributed by atoms with E-state index in [2.05, 4.69) is 23.3 Å². The molecule has 0 saturated heterocycles. The maximum Gasteiger partial charge on any atom is 1.00 e. The molecule has 0 bridgehead atoms. The second-order valence-electron chi connectivity index (χ2n) is 9.10. The first-order chi connectivity index (χ1) is 18.7. The molecule has 0 aliphatic rings. The zero-order valence-electron chi connectivity index (χ0n) is 23.0. The number of amides is 1. The molecule has 4 aromatic rings. The van der Waals surface area contributed by atoms with E-state index in [-0.39, 0.29) is 36.1 Å². The van der Waals surface area contributed by atoms with Crippen LogP contribution in [0.3, 0.4) is 0 Å². The molecule has 3 aromatic carbocycles. The summed E-state index contributed by atoms with van der Waals surface area (Å²) in [6.45, 7) is 6.71. The molecule has 1 amide bonds. The molecule has 0 atom stereocenters. The summed E-state index contributed by atoms with van der Waals surface area (Å²) in [4.78, 5) is 37.0. The first-order valence-electron chi connectivity index (χ1n) is 12.4. The van der Waals surface area contributed by atoms with Gasteiger partial charge in [0, 0.05) is 6.54 Å². The van der Waals surface area contributed by atoms with Crippen LogP contribution in [0.25, 0.3) is 11.1 Å². The third kappa shape index (κ3) is 7.76. The van der Waals surface area contributed by atoms with Gasteiger partial charge in [0.1, 0.15) is 31.3 Å². The Kier molecular flexibility index (Phi) is 11.0. The fourth-order valence-corrected chi connectivity index (χ4v) is 4.36. The number of aryl methyl sites for hydroxylation is 2. The average Bonchev–Trinajstić information content (AvgIpc) is 3.23. The van der Waals surface area contributed by atoms with Gasteiger partial charge >= 0.3 is 35.3 Å². The topological polar surface area (TPSA) is 134 Å². The molecule has 0 aliphatic heterocycles. The van der Waals surface area contributed by atoms with Gasteiger partial charge < -0.3 is 29.4 Å². The predicted octanol–water partition coefficient (Wildman–Crippen LogP) is -0.530. The van der Waals surface area contributed by atoms with E-state index in [9.17, 15) is 14.4 Å². The number of aliphatic hydroxyl groups is 1. The van der Waals surface area contributed by atoms with Crippen molar-refractivity contribution in [1.82, 2.24) is 15.0 Å². The number of hydrogen-bond acceptors (Lipinski definition) is 7. The zero-order valence-corrected chi connectivity index (χ0v) is 25.0. The van der Waals surface area contributed by atoms with Gasteiger partial charge in [-0.2, -0.15) is 0 Å². The number of rotatable bonds is 11. The quantitative estimate of drug-likeness (QED) is 0.186. The van der Waals surface area contributed by atoms with Crippen LogP contribution in [0.5, 0.6) is 11.5 Å². The fourth-order valence-electron chi connectivity index (χ4n) is 4.36. The van der Waals surface area contributed by atoms with E-state index < -0.39 is 24.0 Å². The van der Waals surface area contributed by atoms with E-state index in [0.717, 1.165) is 43.7 Å². The summed E-state index contributed by atoms with van der Waals surface area (Å²) in [5.74, 6) is 0.0449. The monoisotopic (exact) mass is 555 g/mol. The Bertz CT molecular complexity index is 1550. The van der Waals surface area contributed by atoms with Crippen LogP contribution in [0, 0.1) is 20.8 Å². The van der Waals surface area contributed by atoms with Gasteiger partial charge in [-0.1, -0.05) is 30.3 Å². The largest absolute Gasteiger partial charge is 1.00 e. The Balaban J connectivity index is 0.00000441. The van der Waals surface area contributed by atoms with E-state index in [1.54, 1.807) is 24.3 Å². The van der Waals surface area contributed by atoms with Crippen molar-refractivity contribution in [2.45, 2.75) is 33.9 Å². The second-order valence-corrected chi connectivity index (χ2v) is 9.10. The van der Waals surface area contributed by atoms with Gasteiger partial charge in [-0.15, -0.1) is 0 Å². The minimum absolute atomic E-state index is 0. The summed E-state index contributed by atoms with van der Waals surface area (Å²) >= 11 is 0. The first kappa shape index (κ1) is 31.0. The molecule has 204 valence electrons. The number of nitrogens with one attached hydrogen (secondary N) is 1. The first-order valence-corrected chi connectivity index (χ1v) is 12.4. The van der Waals surface area contributed by atoms with Crippen molar-refractivity contribution >= 4 is 5.91 Å². The third-order valence-electron chi connectivity index (χ3n) is 6.29. The minimum Gasteiger partial charge on any atom is -0.492 e. The molecule has 10 nitrogen and oxygen atoms in total. The molecule has 4 rings (SSSR count). The van der Waals surface area contributed by atoms with E-state index >= 15 is 0 Å². The summed E-state index contributed by atoms with van der Waals surface area (Å²) < 4.78 is 17.5. The SMILES string of the molecule is Cc1cc(OCCNC(=O)CO)cc(C)c1-c1cccc(COc2ccc(Cn3oc(=O)[n-]c3=O)cc2)c1C.[Na+]. The molecule has 0 unspecified atom stereocenters. The summed E-state index contributed by atoms with van der Waals surface area (Å²) in [6.07, 6.45) is 0. The number of hydrogen-bond donors (Lipinski definition) is 2. The third-order valence-corrected chi connectivity index (χ3v) is 6.29. The second kappa shape index (κ2) is 14.2. The number of aromatic nitrogens is 2. The minimum atomic E-state index is -0.909. The number of carbonyl (C=O) groups excluding carboxylic acids is 1. The van der Waals surface area contributed by atoms with Gasteiger partial charge in [-0.3, -0.25) is 14.3 Å². The Morgan fingerprint density at radius 3 is 2.33 bits per heavy atom. The number of aliphatic hydroxyl groups excluding tert-OH is 1. The van der Waals surface area contributed by atoms with Crippen molar-refractivity contribution in [2.24, 2.45) is 0 Å². The van der Waals surface area contributed by atoms with Crippen molar-refractivity contribution in [1.29, 1.82) is 0 Å². The van der Waals surface area contributed by atoms with Gasteiger partial charge in [0.25, 0.3) is 0 Å². The predicted molar refractivity (Wildman–Crippen MR) is 144 cm³/mol.